The van der Waals surface area contributed by atoms with Gasteiger partial charge in [0, 0.05) is 5.56 Å². The van der Waals surface area contributed by atoms with Crippen LogP contribution in [0.3, 0.4) is 0 Å². The lowest BCUT2D eigenvalue weighted by molar-refractivity contribution is -0.130. The van der Waals surface area contributed by atoms with E-state index in [2.05, 4.69) is 17.4 Å². The van der Waals surface area contributed by atoms with Gasteiger partial charge >= 0.3 is 0 Å². The van der Waals surface area contributed by atoms with Crippen LogP contribution >= 0.6 is 23.2 Å². The number of benzene rings is 2. The Bertz CT molecular complexity index is 690. The Balaban J connectivity index is 1.96. The lowest BCUT2D eigenvalue weighted by Gasteiger charge is -2.15. The van der Waals surface area contributed by atoms with E-state index in [-0.39, 0.29) is 0 Å². The molecule has 1 atom stereocenters. The number of halogens is 2. The van der Waals surface area contributed by atoms with Crippen LogP contribution in [0, 0.1) is 0 Å². The topological polar surface area (TPSA) is 61.4 Å². The molecule has 0 aliphatic heterocycles. The Kier molecular flexibility index (Phi) is 5.44. The fourth-order valence-electron chi connectivity index (χ4n) is 1.75. The Morgan fingerprint density at radius 3 is 2.36 bits per heavy atom. The zero-order chi connectivity index (χ0) is 16.1. The number of aliphatic hydroxyl groups is 1. The zero-order valence-corrected chi connectivity index (χ0v) is 13.0. The molecule has 0 fully saturated rings. The first-order chi connectivity index (χ1) is 10.5. The van der Waals surface area contributed by atoms with Crippen molar-refractivity contribution in [1.82, 2.24) is 10.9 Å². The molecule has 2 aromatic carbocycles. The fraction of sp³-hybridized carbons (Fsp3) is 0.0625. The van der Waals surface area contributed by atoms with E-state index < -0.39 is 12.0 Å². The molecule has 0 heterocycles. The van der Waals surface area contributed by atoms with Gasteiger partial charge in [0.25, 0.3) is 5.91 Å². The minimum absolute atomic E-state index is 0.387. The van der Waals surface area contributed by atoms with Gasteiger partial charge in [0.1, 0.15) is 0 Å². The highest BCUT2D eigenvalue weighted by Crippen LogP contribution is 2.24. The van der Waals surface area contributed by atoms with E-state index >= 15 is 0 Å². The minimum atomic E-state index is -1.27. The molecule has 2 rings (SSSR count). The van der Waals surface area contributed by atoms with Crippen LogP contribution in [0.4, 0.5) is 0 Å². The first-order valence-electron chi connectivity index (χ1n) is 6.42. The molecule has 1 amide bonds. The first kappa shape index (κ1) is 16.4. The quantitative estimate of drug-likeness (QED) is 0.734. The van der Waals surface area contributed by atoms with E-state index in [0.29, 0.717) is 26.9 Å². The molecule has 114 valence electrons. The first-order valence-corrected chi connectivity index (χ1v) is 7.18. The second-order valence-electron chi connectivity index (χ2n) is 4.53. The molecule has 0 spiro atoms. The van der Waals surface area contributed by atoms with Crippen molar-refractivity contribution in [2.45, 2.75) is 6.10 Å². The summed E-state index contributed by atoms with van der Waals surface area (Å²) in [5.74, 6) is -0.590. The maximum atomic E-state index is 11.9. The smallest absolute Gasteiger partial charge is 0.271 e. The molecule has 0 aromatic heterocycles. The van der Waals surface area contributed by atoms with Crippen molar-refractivity contribution in [3.05, 3.63) is 76.3 Å². The Morgan fingerprint density at radius 2 is 1.73 bits per heavy atom. The number of carbonyl (C=O) groups is 1. The number of hydrazine groups is 1. The van der Waals surface area contributed by atoms with Gasteiger partial charge in [-0.25, -0.2) is 0 Å². The highest BCUT2D eigenvalue weighted by molar-refractivity contribution is 6.42. The molecule has 6 heteroatoms. The third-order valence-corrected chi connectivity index (χ3v) is 3.71. The maximum absolute atomic E-state index is 11.9. The monoisotopic (exact) mass is 336 g/mol. The molecular weight excluding hydrogens is 323 g/mol. The highest BCUT2D eigenvalue weighted by atomic mass is 35.5. The summed E-state index contributed by atoms with van der Waals surface area (Å²) in [6.45, 7) is 3.79. The molecule has 2 aromatic rings. The molecule has 0 aliphatic rings. The van der Waals surface area contributed by atoms with Gasteiger partial charge in [-0.15, -0.1) is 0 Å². The predicted molar refractivity (Wildman–Crippen MR) is 88.2 cm³/mol. The molecule has 0 saturated heterocycles. The number of aliphatic hydroxyl groups excluding tert-OH is 1. The zero-order valence-electron chi connectivity index (χ0n) is 11.5. The second-order valence-corrected chi connectivity index (χ2v) is 5.35. The normalized spacial score (nSPS) is 11.6. The Hall–Kier alpha value is -2.01. The van der Waals surface area contributed by atoms with Crippen LogP contribution in [-0.4, -0.2) is 11.0 Å². The average molecular weight is 337 g/mol. The summed E-state index contributed by atoms with van der Waals surface area (Å²) in [6.07, 6.45) is -1.27. The fourth-order valence-corrected chi connectivity index (χ4v) is 2.05. The summed E-state index contributed by atoms with van der Waals surface area (Å²) in [5, 5.41) is 10.8. The number of hydrogen-bond donors (Lipinski definition) is 3. The van der Waals surface area contributed by atoms with Crippen LogP contribution in [0.1, 0.15) is 17.2 Å². The lowest BCUT2D eigenvalue weighted by Crippen LogP contribution is -2.39. The van der Waals surface area contributed by atoms with Gasteiger partial charge in [0.2, 0.25) is 0 Å². The second kappa shape index (κ2) is 7.31. The van der Waals surface area contributed by atoms with Gasteiger partial charge in [0.05, 0.1) is 15.7 Å². The standard InChI is InChI=1S/C16H14Cl2N2O2/c1-10(12-7-8-13(17)14(18)9-12)19-20-16(22)15(21)11-5-3-2-4-6-11/h2-9,15,19,21H,1H2,(H,20,22). The Labute approximate surface area is 138 Å². The molecule has 4 nitrogen and oxygen atoms in total. The Morgan fingerprint density at radius 1 is 1.05 bits per heavy atom. The maximum Gasteiger partial charge on any atom is 0.271 e. The van der Waals surface area contributed by atoms with Crippen molar-refractivity contribution in [3.8, 4) is 0 Å². The average Bonchev–Trinajstić information content (AvgIpc) is 2.54. The van der Waals surface area contributed by atoms with Crippen molar-refractivity contribution in [2.24, 2.45) is 0 Å². The van der Waals surface area contributed by atoms with Crippen LogP contribution in [-0.2, 0) is 4.79 Å². The molecule has 0 radical (unpaired) electrons. The summed E-state index contributed by atoms with van der Waals surface area (Å²) < 4.78 is 0. The van der Waals surface area contributed by atoms with E-state index in [1.54, 1.807) is 48.5 Å². The van der Waals surface area contributed by atoms with Crippen LogP contribution in [0.2, 0.25) is 10.0 Å². The molecular formula is C16H14Cl2N2O2. The number of hydrogen-bond acceptors (Lipinski definition) is 3. The van der Waals surface area contributed by atoms with E-state index in [9.17, 15) is 9.90 Å². The third kappa shape index (κ3) is 4.01. The summed E-state index contributed by atoms with van der Waals surface area (Å²) in [5.41, 5.74) is 6.63. The molecule has 1 unspecified atom stereocenters. The number of rotatable bonds is 5. The van der Waals surface area contributed by atoms with E-state index in [0.717, 1.165) is 0 Å². The largest absolute Gasteiger partial charge is 0.378 e. The number of nitrogens with one attached hydrogen (secondary N) is 2. The van der Waals surface area contributed by atoms with Gasteiger partial charge < -0.3 is 5.11 Å². The van der Waals surface area contributed by atoms with Gasteiger partial charge in [0.15, 0.2) is 6.10 Å². The van der Waals surface area contributed by atoms with E-state index in [4.69, 9.17) is 23.2 Å². The van der Waals surface area contributed by atoms with Crippen molar-refractivity contribution < 1.29 is 9.90 Å². The van der Waals surface area contributed by atoms with Gasteiger partial charge in [-0.3, -0.25) is 15.6 Å². The molecule has 0 aliphatic carbocycles. The van der Waals surface area contributed by atoms with Gasteiger partial charge in [-0.05, 0) is 17.7 Å². The molecule has 22 heavy (non-hydrogen) atoms. The van der Waals surface area contributed by atoms with Crippen LogP contribution in [0.5, 0.6) is 0 Å². The van der Waals surface area contributed by atoms with Crippen LogP contribution in [0.15, 0.2) is 55.1 Å². The van der Waals surface area contributed by atoms with Crippen LogP contribution in [0.25, 0.3) is 5.70 Å². The van der Waals surface area contributed by atoms with Crippen molar-refractivity contribution in [2.75, 3.05) is 0 Å². The van der Waals surface area contributed by atoms with E-state index in [1.165, 1.54) is 0 Å². The minimum Gasteiger partial charge on any atom is -0.378 e. The lowest BCUT2D eigenvalue weighted by atomic mass is 10.1. The predicted octanol–water partition coefficient (Wildman–Crippen LogP) is 3.32. The molecule has 3 N–H and O–H groups in total. The molecule has 0 bridgehead atoms. The van der Waals surface area contributed by atoms with E-state index in [1.807, 2.05) is 0 Å². The summed E-state index contributed by atoms with van der Waals surface area (Å²) in [7, 11) is 0. The summed E-state index contributed by atoms with van der Waals surface area (Å²) in [4.78, 5) is 11.9. The van der Waals surface area contributed by atoms with Gasteiger partial charge in [-0.2, -0.15) is 0 Å². The third-order valence-electron chi connectivity index (χ3n) is 2.97. The van der Waals surface area contributed by atoms with Gasteiger partial charge in [-0.1, -0.05) is 66.2 Å². The SMILES string of the molecule is C=C(NNC(=O)C(O)c1ccccc1)c1ccc(Cl)c(Cl)c1. The summed E-state index contributed by atoms with van der Waals surface area (Å²) >= 11 is 11.8. The van der Waals surface area contributed by atoms with Crippen molar-refractivity contribution >= 4 is 34.8 Å². The van der Waals surface area contributed by atoms with Crippen molar-refractivity contribution in [1.29, 1.82) is 0 Å². The van der Waals surface area contributed by atoms with Crippen molar-refractivity contribution in [3.63, 3.8) is 0 Å². The highest BCUT2D eigenvalue weighted by Gasteiger charge is 2.16. The summed E-state index contributed by atoms with van der Waals surface area (Å²) in [6, 6.07) is 13.6. The molecule has 0 saturated carbocycles. The number of carbonyl (C=O) groups excluding carboxylic acids is 1. The number of amides is 1. The van der Waals surface area contributed by atoms with Crippen LogP contribution < -0.4 is 10.9 Å².